The molecule has 2 rings (SSSR count). The van der Waals surface area contributed by atoms with Crippen LogP contribution in [0, 0.1) is 0 Å². The lowest BCUT2D eigenvalue weighted by molar-refractivity contribution is -0.254. The molecule has 0 amide bonds. The Balaban J connectivity index is 2.38. The predicted molar refractivity (Wildman–Crippen MR) is 138 cm³/mol. The van der Waals surface area contributed by atoms with Gasteiger partial charge in [-0.15, -0.1) is 0 Å². The lowest BCUT2D eigenvalue weighted by Crippen LogP contribution is -2.66. The SMILES string of the molecule is CC(=O)OC[C@@H]1O[C@@H](NC(=S)Nc2cc(Br)c(N)c(Br)c2)[C@@H](OC(C)=O)[C@@H](OC(C)=O)[C@@H]1OC(C)=O. The van der Waals surface area contributed by atoms with E-state index in [9.17, 15) is 19.2 Å². The Morgan fingerprint density at radius 2 is 1.42 bits per heavy atom. The van der Waals surface area contributed by atoms with E-state index in [4.69, 9.17) is 41.6 Å². The summed E-state index contributed by atoms with van der Waals surface area (Å²) in [5, 5.41) is 5.84. The van der Waals surface area contributed by atoms with Crippen molar-refractivity contribution in [2.75, 3.05) is 17.7 Å². The molecule has 1 heterocycles. The van der Waals surface area contributed by atoms with Crippen molar-refractivity contribution >= 4 is 84.4 Å². The number of esters is 4. The molecule has 0 radical (unpaired) electrons. The first-order valence-corrected chi connectivity index (χ1v) is 12.4. The number of nitrogens with two attached hydrogens (primary N) is 1. The summed E-state index contributed by atoms with van der Waals surface area (Å²) in [6.07, 6.45) is -6.18. The highest BCUT2D eigenvalue weighted by molar-refractivity contribution is 9.11. The van der Waals surface area contributed by atoms with Crippen LogP contribution < -0.4 is 16.4 Å². The van der Waals surface area contributed by atoms with Crippen LogP contribution in [0.3, 0.4) is 0 Å². The molecule has 198 valence electrons. The summed E-state index contributed by atoms with van der Waals surface area (Å²) in [4.78, 5) is 47.0. The number of halogens is 2. The summed E-state index contributed by atoms with van der Waals surface area (Å²) in [6, 6.07) is 3.36. The molecule has 5 atom stereocenters. The van der Waals surface area contributed by atoms with Gasteiger partial charge in [-0.1, -0.05) is 0 Å². The number of nitrogen functional groups attached to an aromatic ring is 1. The van der Waals surface area contributed by atoms with Crippen LogP contribution in [-0.2, 0) is 42.9 Å². The molecule has 0 aliphatic carbocycles. The monoisotopic (exact) mass is 653 g/mol. The number of anilines is 2. The molecule has 0 saturated carbocycles. The number of rotatable bonds is 7. The van der Waals surface area contributed by atoms with Gasteiger partial charge in [0.05, 0.1) is 5.69 Å². The lowest BCUT2D eigenvalue weighted by atomic mass is 9.97. The molecule has 0 spiro atoms. The summed E-state index contributed by atoms with van der Waals surface area (Å²) >= 11 is 12.1. The molecular weight excluding hydrogens is 630 g/mol. The molecule has 15 heteroatoms. The molecular formula is C21H25Br2N3O9S. The third-order valence-electron chi connectivity index (χ3n) is 4.60. The molecule has 1 saturated heterocycles. The number of hydrogen-bond donors (Lipinski definition) is 3. The largest absolute Gasteiger partial charge is 0.463 e. The van der Waals surface area contributed by atoms with Crippen LogP contribution in [0.5, 0.6) is 0 Å². The van der Waals surface area contributed by atoms with Gasteiger partial charge in [0, 0.05) is 42.3 Å². The third kappa shape index (κ3) is 8.57. The standard InChI is InChI=1S/C21H25Br2N3O9S/c1-8(27)31-7-15-17(32-9(2)28)18(33-10(3)29)19(34-11(4)30)20(35-15)26-21(36)25-12-5-13(22)16(24)14(23)6-12/h5-6,15,17-20H,7,24H2,1-4H3,(H2,25,26,36)/t15-,17+,18-,19-,20+/m0/s1. The highest BCUT2D eigenvalue weighted by Crippen LogP contribution is 2.32. The van der Waals surface area contributed by atoms with Crippen LogP contribution in [-0.4, -0.2) is 66.2 Å². The van der Waals surface area contributed by atoms with Gasteiger partial charge in [0.15, 0.2) is 29.7 Å². The van der Waals surface area contributed by atoms with E-state index >= 15 is 0 Å². The number of hydrogen-bond acceptors (Lipinski definition) is 11. The van der Waals surface area contributed by atoms with Crippen molar-refractivity contribution in [1.82, 2.24) is 5.32 Å². The zero-order valence-corrected chi connectivity index (χ0v) is 23.7. The van der Waals surface area contributed by atoms with Crippen LogP contribution in [0.1, 0.15) is 27.7 Å². The highest BCUT2D eigenvalue weighted by Gasteiger charge is 2.52. The molecule has 1 fully saturated rings. The second-order valence-electron chi connectivity index (χ2n) is 7.57. The minimum atomic E-state index is -1.32. The van der Waals surface area contributed by atoms with E-state index in [2.05, 4.69) is 42.5 Å². The number of nitrogens with one attached hydrogen (secondary N) is 2. The van der Waals surface area contributed by atoms with Crippen LogP contribution in [0.15, 0.2) is 21.1 Å². The van der Waals surface area contributed by atoms with Crippen molar-refractivity contribution in [3.63, 3.8) is 0 Å². The Morgan fingerprint density at radius 1 is 0.917 bits per heavy atom. The number of thiocarbonyl (C=S) groups is 1. The van der Waals surface area contributed by atoms with Crippen LogP contribution in [0.2, 0.25) is 0 Å². The minimum absolute atomic E-state index is 0.0412. The summed E-state index contributed by atoms with van der Waals surface area (Å²) in [7, 11) is 0. The summed E-state index contributed by atoms with van der Waals surface area (Å²) in [6.45, 7) is 4.26. The average molecular weight is 655 g/mol. The maximum absolute atomic E-state index is 11.9. The number of ether oxygens (including phenoxy) is 5. The first-order chi connectivity index (χ1) is 16.8. The first-order valence-electron chi connectivity index (χ1n) is 10.4. The second-order valence-corrected chi connectivity index (χ2v) is 9.69. The fourth-order valence-corrected chi connectivity index (χ4v) is 4.72. The molecule has 1 aliphatic heterocycles. The van der Waals surface area contributed by atoms with Crippen molar-refractivity contribution in [1.29, 1.82) is 0 Å². The van der Waals surface area contributed by atoms with E-state index in [1.54, 1.807) is 12.1 Å². The van der Waals surface area contributed by atoms with Gasteiger partial charge in [0.25, 0.3) is 0 Å². The number of carbonyl (C=O) groups is 4. The van der Waals surface area contributed by atoms with Crippen molar-refractivity contribution in [2.45, 2.75) is 58.3 Å². The summed E-state index contributed by atoms with van der Waals surface area (Å²) < 4.78 is 28.3. The Morgan fingerprint density at radius 3 is 1.92 bits per heavy atom. The quantitative estimate of drug-likeness (QED) is 0.170. The van der Waals surface area contributed by atoms with Crippen LogP contribution in [0.4, 0.5) is 11.4 Å². The maximum atomic E-state index is 11.9. The Kier molecular flexibility index (Phi) is 10.9. The zero-order chi connectivity index (χ0) is 27.2. The van der Waals surface area contributed by atoms with Gasteiger partial charge in [-0.2, -0.15) is 0 Å². The fraction of sp³-hybridized carbons (Fsp3) is 0.476. The highest BCUT2D eigenvalue weighted by atomic mass is 79.9. The fourth-order valence-electron chi connectivity index (χ4n) is 3.30. The molecule has 12 nitrogen and oxygen atoms in total. The van der Waals surface area contributed by atoms with Gasteiger partial charge in [-0.25, -0.2) is 0 Å². The van der Waals surface area contributed by atoms with Crippen molar-refractivity contribution in [2.24, 2.45) is 0 Å². The van der Waals surface area contributed by atoms with E-state index in [1.165, 1.54) is 6.92 Å². The number of carbonyl (C=O) groups excluding carboxylic acids is 4. The Bertz CT molecular complexity index is 1020. The zero-order valence-electron chi connectivity index (χ0n) is 19.7. The van der Waals surface area contributed by atoms with E-state index in [1.807, 2.05) is 0 Å². The summed E-state index contributed by atoms with van der Waals surface area (Å²) in [5.74, 6) is -2.80. The van der Waals surface area contributed by atoms with Gasteiger partial charge < -0.3 is 40.1 Å². The smallest absolute Gasteiger partial charge is 0.303 e. The third-order valence-corrected chi connectivity index (χ3v) is 6.13. The maximum Gasteiger partial charge on any atom is 0.303 e. The Labute approximate surface area is 229 Å². The molecule has 1 aromatic rings. The molecule has 4 N–H and O–H groups in total. The average Bonchev–Trinajstić information content (AvgIpc) is 2.73. The lowest BCUT2D eigenvalue weighted by Gasteiger charge is -2.44. The number of benzene rings is 1. The van der Waals surface area contributed by atoms with Gasteiger partial charge in [0.1, 0.15) is 12.7 Å². The predicted octanol–water partition coefficient (Wildman–Crippen LogP) is 2.16. The van der Waals surface area contributed by atoms with E-state index < -0.39 is 54.5 Å². The second kappa shape index (κ2) is 13.2. The van der Waals surface area contributed by atoms with Gasteiger partial charge in [0.2, 0.25) is 0 Å². The normalized spacial score (nSPS) is 23.1. The van der Waals surface area contributed by atoms with Gasteiger partial charge >= 0.3 is 23.9 Å². The minimum Gasteiger partial charge on any atom is -0.463 e. The van der Waals surface area contributed by atoms with Crippen molar-refractivity contribution < 1.29 is 42.9 Å². The van der Waals surface area contributed by atoms with E-state index in [-0.39, 0.29) is 11.7 Å². The topological polar surface area (TPSA) is 165 Å². The van der Waals surface area contributed by atoms with Gasteiger partial charge in [-0.3, -0.25) is 19.2 Å². The van der Waals surface area contributed by atoms with Crippen LogP contribution in [0.25, 0.3) is 0 Å². The molecule has 1 aromatic carbocycles. The molecule has 0 bridgehead atoms. The molecule has 36 heavy (non-hydrogen) atoms. The van der Waals surface area contributed by atoms with Crippen molar-refractivity contribution in [3.05, 3.63) is 21.1 Å². The van der Waals surface area contributed by atoms with E-state index in [0.29, 0.717) is 20.3 Å². The van der Waals surface area contributed by atoms with E-state index in [0.717, 1.165) is 20.8 Å². The summed E-state index contributed by atoms with van der Waals surface area (Å²) in [5.41, 5.74) is 6.94. The Hall–Kier alpha value is -2.49. The molecule has 0 unspecified atom stereocenters. The van der Waals surface area contributed by atoms with Crippen LogP contribution >= 0.6 is 44.1 Å². The molecule has 0 aromatic heterocycles. The molecule has 1 aliphatic rings. The van der Waals surface area contributed by atoms with Crippen molar-refractivity contribution in [3.8, 4) is 0 Å². The first kappa shape index (κ1) is 29.7. The van der Waals surface area contributed by atoms with Gasteiger partial charge in [-0.05, 0) is 56.2 Å².